The molecule has 1 aliphatic rings. The number of allylic oxidation sites excluding steroid dienone is 4. The summed E-state index contributed by atoms with van der Waals surface area (Å²) in [6.45, 7) is 0. The van der Waals surface area contributed by atoms with E-state index in [4.69, 9.17) is 6.42 Å². The van der Waals surface area contributed by atoms with E-state index in [0.717, 1.165) is 19.3 Å². The van der Waals surface area contributed by atoms with Crippen LogP contribution in [0.5, 0.6) is 0 Å². The number of terminal acetylenes is 1. The van der Waals surface area contributed by atoms with Gasteiger partial charge < -0.3 is 0 Å². The van der Waals surface area contributed by atoms with E-state index in [-0.39, 0.29) is 0 Å². The summed E-state index contributed by atoms with van der Waals surface area (Å²) in [5, 5.41) is 0. The predicted octanol–water partition coefficient (Wildman–Crippen LogP) is 2.68. The fraction of sp³-hybridized carbons (Fsp3) is 0.400. The quantitative estimate of drug-likeness (QED) is 0.409. The van der Waals surface area contributed by atoms with Crippen LogP contribution in [0.3, 0.4) is 0 Å². The highest BCUT2D eigenvalue weighted by molar-refractivity contribution is 5.22. The monoisotopic (exact) mass is 132 g/mol. The Morgan fingerprint density at radius 3 is 3.10 bits per heavy atom. The molecule has 1 aliphatic carbocycles. The summed E-state index contributed by atoms with van der Waals surface area (Å²) < 4.78 is 0. The van der Waals surface area contributed by atoms with Crippen LogP contribution in [0.4, 0.5) is 0 Å². The van der Waals surface area contributed by atoms with E-state index in [2.05, 4.69) is 24.1 Å². The molecule has 1 rings (SSSR count). The summed E-state index contributed by atoms with van der Waals surface area (Å²) in [4.78, 5) is 0. The fourth-order valence-electron chi connectivity index (χ4n) is 1.09. The molecular formula is C10H12. The Hall–Kier alpha value is -0.960. The molecule has 0 nitrogen and oxygen atoms in total. The highest BCUT2D eigenvalue weighted by atomic mass is 14.0. The molecule has 0 radical (unpaired) electrons. The van der Waals surface area contributed by atoms with Crippen molar-refractivity contribution in [2.45, 2.75) is 25.7 Å². The summed E-state index contributed by atoms with van der Waals surface area (Å²) in [5.74, 6) is 2.64. The lowest BCUT2D eigenvalue weighted by Crippen LogP contribution is -1.78. The molecule has 0 aromatic rings. The molecule has 0 atom stereocenters. The standard InChI is InChI=1S/C10H12/c1-2-3-4-7-10-8-5-6-9-10/h1,5-6,8H,3-4,7,9H2. The Morgan fingerprint density at radius 2 is 2.50 bits per heavy atom. The molecule has 0 spiro atoms. The van der Waals surface area contributed by atoms with Crippen molar-refractivity contribution in [2.24, 2.45) is 0 Å². The third-order valence-electron chi connectivity index (χ3n) is 1.67. The first-order chi connectivity index (χ1) is 4.93. The van der Waals surface area contributed by atoms with Gasteiger partial charge in [-0.3, -0.25) is 0 Å². The van der Waals surface area contributed by atoms with Crippen LogP contribution in [0.25, 0.3) is 0 Å². The average molecular weight is 132 g/mol. The molecule has 0 heterocycles. The second-order valence-corrected chi connectivity index (χ2v) is 2.51. The van der Waals surface area contributed by atoms with Gasteiger partial charge in [0, 0.05) is 6.42 Å². The maximum absolute atomic E-state index is 5.13. The van der Waals surface area contributed by atoms with Crippen LogP contribution in [0, 0.1) is 12.3 Å². The largest absolute Gasteiger partial charge is 0.120 e. The van der Waals surface area contributed by atoms with E-state index < -0.39 is 0 Å². The minimum Gasteiger partial charge on any atom is -0.120 e. The molecule has 0 unspecified atom stereocenters. The minimum absolute atomic E-state index is 0.914. The van der Waals surface area contributed by atoms with Crippen LogP contribution in [-0.2, 0) is 0 Å². The Balaban J connectivity index is 2.11. The van der Waals surface area contributed by atoms with Crippen LogP contribution in [-0.4, -0.2) is 0 Å². The molecule has 0 saturated carbocycles. The Kier molecular flexibility index (Phi) is 2.83. The molecule has 0 heteroatoms. The first kappa shape index (κ1) is 7.15. The van der Waals surface area contributed by atoms with Gasteiger partial charge in [0.05, 0.1) is 0 Å². The molecule has 0 amide bonds. The van der Waals surface area contributed by atoms with Gasteiger partial charge in [-0.25, -0.2) is 0 Å². The second kappa shape index (κ2) is 3.95. The summed E-state index contributed by atoms with van der Waals surface area (Å²) in [5.41, 5.74) is 1.52. The molecule has 10 heavy (non-hydrogen) atoms. The number of hydrogen-bond donors (Lipinski definition) is 0. The highest BCUT2D eigenvalue weighted by Gasteiger charge is 1.96. The Bertz CT molecular complexity index is 189. The summed E-state index contributed by atoms with van der Waals surface area (Å²) in [6, 6.07) is 0. The van der Waals surface area contributed by atoms with E-state index in [1.807, 2.05) is 0 Å². The Morgan fingerprint density at radius 1 is 1.60 bits per heavy atom. The smallest absolute Gasteiger partial charge is 0.00891 e. The maximum atomic E-state index is 5.13. The van der Waals surface area contributed by atoms with E-state index in [1.54, 1.807) is 0 Å². The fourth-order valence-corrected chi connectivity index (χ4v) is 1.09. The molecule has 0 fully saturated rings. The van der Waals surface area contributed by atoms with Gasteiger partial charge in [0.2, 0.25) is 0 Å². The SMILES string of the molecule is C#CCCCC1=CC=CC1. The first-order valence-electron chi connectivity index (χ1n) is 3.71. The Labute approximate surface area is 62.6 Å². The number of unbranched alkanes of at least 4 members (excludes halogenated alkanes) is 1. The van der Waals surface area contributed by atoms with E-state index >= 15 is 0 Å². The van der Waals surface area contributed by atoms with Crippen molar-refractivity contribution in [1.29, 1.82) is 0 Å². The molecule has 52 valence electrons. The lowest BCUT2D eigenvalue weighted by atomic mass is 10.1. The molecular weight excluding hydrogens is 120 g/mol. The average Bonchev–Trinajstić information content (AvgIpc) is 2.41. The lowest BCUT2D eigenvalue weighted by Gasteiger charge is -1.96. The van der Waals surface area contributed by atoms with Crippen molar-refractivity contribution >= 4 is 0 Å². The number of rotatable bonds is 3. The van der Waals surface area contributed by atoms with Crippen LogP contribution >= 0.6 is 0 Å². The van der Waals surface area contributed by atoms with Gasteiger partial charge in [0.25, 0.3) is 0 Å². The van der Waals surface area contributed by atoms with Crippen LogP contribution in [0.1, 0.15) is 25.7 Å². The van der Waals surface area contributed by atoms with Crippen molar-refractivity contribution in [3.05, 3.63) is 23.8 Å². The third kappa shape index (κ3) is 2.11. The van der Waals surface area contributed by atoms with Crippen LogP contribution < -0.4 is 0 Å². The molecule has 0 aromatic heterocycles. The zero-order valence-corrected chi connectivity index (χ0v) is 6.14. The van der Waals surface area contributed by atoms with E-state index in [1.165, 1.54) is 12.0 Å². The van der Waals surface area contributed by atoms with Crippen molar-refractivity contribution < 1.29 is 0 Å². The van der Waals surface area contributed by atoms with Gasteiger partial charge in [-0.15, -0.1) is 12.3 Å². The summed E-state index contributed by atoms with van der Waals surface area (Å²) in [6.07, 6.45) is 16.0. The topological polar surface area (TPSA) is 0 Å². The predicted molar refractivity (Wildman–Crippen MR) is 44.5 cm³/mol. The van der Waals surface area contributed by atoms with Crippen molar-refractivity contribution in [3.63, 3.8) is 0 Å². The molecule has 0 aromatic carbocycles. The maximum Gasteiger partial charge on any atom is 0.00891 e. The molecule has 0 saturated heterocycles. The van der Waals surface area contributed by atoms with Crippen molar-refractivity contribution in [1.82, 2.24) is 0 Å². The van der Waals surface area contributed by atoms with Crippen LogP contribution in [0.15, 0.2) is 23.8 Å². The van der Waals surface area contributed by atoms with Crippen molar-refractivity contribution in [3.8, 4) is 12.3 Å². The normalized spacial score (nSPS) is 14.9. The second-order valence-electron chi connectivity index (χ2n) is 2.51. The van der Waals surface area contributed by atoms with Crippen LogP contribution in [0.2, 0.25) is 0 Å². The molecule has 0 N–H and O–H groups in total. The molecule has 0 bridgehead atoms. The summed E-state index contributed by atoms with van der Waals surface area (Å²) in [7, 11) is 0. The highest BCUT2D eigenvalue weighted by Crippen LogP contribution is 2.16. The van der Waals surface area contributed by atoms with Crippen molar-refractivity contribution in [2.75, 3.05) is 0 Å². The van der Waals surface area contributed by atoms with E-state index in [9.17, 15) is 0 Å². The van der Waals surface area contributed by atoms with Gasteiger partial charge in [0.15, 0.2) is 0 Å². The number of hydrogen-bond acceptors (Lipinski definition) is 0. The zero-order chi connectivity index (χ0) is 7.23. The van der Waals surface area contributed by atoms with Gasteiger partial charge in [-0.2, -0.15) is 0 Å². The third-order valence-corrected chi connectivity index (χ3v) is 1.67. The van der Waals surface area contributed by atoms with Gasteiger partial charge in [-0.05, 0) is 19.3 Å². The van der Waals surface area contributed by atoms with Gasteiger partial charge in [0.1, 0.15) is 0 Å². The first-order valence-corrected chi connectivity index (χ1v) is 3.71. The zero-order valence-electron chi connectivity index (χ0n) is 6.14. The lowest BCUT2D eigenvalue weighted by molar-refractivity contribution is 0.834. The minimum atomic E-state index is 0.914. The molecule has 0 aliphatic heterocycles. The van der Waals surface area contributed by atoms with E-state index in [0.29, 0.717) is 0 Å². The summed E-state index contributed by atoms with van der Waals surface area (Å²) >= 11 is 0. The van der Waals surface area contributed by atoms with Gasteiger partial charge >= 0.3 is 0 Å². The van der Waals surface area contributed by atoms with Gasteiger partial charge in [-0.1, -0.05) is 23.8 Å².